The Kier molecular flexibility index (Phi) is 5.76. The Hall–Kier alpha value is -2.45. The molecule has 27 heavy (non-hydrogen) atoms. The zero-order valence-corrected chi connectivity index (χ0v) is 15.8. The van der Waals surface area contributed by atoms with E-state index in [1.165, 1.54) is 14.0 Å². The highest BCUT2D eigenvalue weighted by molar-refractivity contribution is 5.83. The zero-order valence-electron chi connectivity index (χ0n) is 15.8. The summed E-state index contributed by atoms with van der Waals surface area (Å²) in [6, 6.07) is 3.00. The van der Waals surface area contributed by atoms with Gasteiger partial charge in [0.2, 0.25) is 5.91 Å². The van der Waals surface area contributed by atoms with Gasteiger partial charge in [-0.1, -0.05) is 0 Å². The van der Waals surface area contributed by atoms with Crippen molar-refractivity contribution >= 4 is 22.9 Å². The number of methoxy groups -OCH3 is 1. The predicted octanol–water partition coefficient (Wildman–Crippen LogP) is 1.00. The number of pyridine rings is 1. The number of hydrogen-bond acceptors (Lipinski definition) is 6. The number of carbonyl (C=O) groups is 2. The molecular weight excluding hydrogens is 348 g/mol. The Morgan fingerprint density at radius 2 is 2.26 bits per heavy atom. The summed E-state index contributed by atoms with van der Waals surface area (Å²) in [5.41, 5.74) is 7.96. The van der Waals surface area contributed by atoms with E-state index in [2.05, 4.69) is 9.97 Å². The van der Waals surface area contributed by atoms with Crippen LogP contribution in [0.15, 0.2) is 24.5 Å². The minimum atomic E-state index is -0.766. The van der Waals surface area contributed by atoms with E-state index in [9.17, 15) is 9.59 Å². The summed E-state index contributed by atoms with van der Waals surface area (Å²) in [6.45, 7) is 3.49. The number of aromatic amines is 1. The van der Waals surface area contributed by atoms with E-state index < -0.39 is 12.1 Å². The number of rotatable bonds is 6. The van der Waals surface area contributed by atoms with Crippen LogP contribution in [0, 0.1) is 0 Å². The zero-order chi connectivity index (χ0) is 19.6. The number of H-pyrrole nitrogens is 1. The van der Waals surface area contributed by atoms with Crippen LogP contribution in [0.4, 0.5) is 0 Å². The van der Waals surface area contributed by atoms with Crippen LogP contribution in [-0.2, 0) is 25.5 Å². The number of likely N-dealkylation sites (tertiary alicyclic amines) is 1. The van der Waals surface area contributed by atoms with E-state index in [-0.39, 0.29) is 24.0 Å². The van der Waals surface area contributed by atoms with E-state index >= 15 is 0 Å². The van der Waals surface area contributed by atoms with Gasteiger partial charge in [0, 0.05) is 44.3 Å². The molecule has 1 amide bonds. The molecule has 0 aliphatic carbocycles. The summed E-state index contributed by atoms with van der Waals surface area (Å²) < 4.78 is 10.6. The minimum Gasteiger partial charge on any atom is -0.461 e. The van der Waals surface area contributed by atoms with Crippen molar-refractivity contribution in [3.63, 3.8) is 0 Å². The molecule has 0 bridgehead atoms. The van der Waals surface area contributed by atoms with E-state index in [0.29, 0.717) is 19.4 Å². The molecule has 0 spiro atoms. The number of nitrogens with two attached hydrogens (primary N) is 1. The molecule has 2 aromatic rings. The number of aromatic nitrogens is 2. The lowest BCUT2D eigenvalue weighted by molar-refractivity contribution is -0.147. The second-order valence-electron chi connectivity index (χ2n) is 7.00. The lowest BCUT2D eigenvalue weighted by Crippen LogP contribution is -2.51. The van der Waals surface area contributed by atoms with E-state index in [1.54, 1.807) is 18.0 Å². The first-order valence-electron chi connectivity index (χ1n) is 9.07. The molecule has 0 radical (unpaired) electrons. The van der Waals surface area contributed by atoms with Crippen LogP contribution in [0.2, 0.25) is 0 Å². The van der Waals surface area contributed by atoms with Gasteiger partial charge >= 0.3 is 5.97 Å². The smallest absolute Gasteiger partial charge is 0.302 e. The fourth-order valence-corrected chi connectivity index (χ4v) is 3.63. The summed E-state index contributed by atoms with van der Waals surface area (Å²) in [7, 11) is 1.53. The molecule has 1 fully saturated rings. The van der Waals surface area contributed by atoms with E-state index in [4.69, 9.17) is 15.2 Å². The Balaban J connectivity index is 1.82. The van der Waals surface area contributed by atoms with Gasteiger partial charge in [-0.3, -0.25) is 9.59 Å². The van der Waals surface area contributed by atoms with E-state index in [1.807, 2.05) is 18.3 Å². The summed E-state index contributed by atoms with van der Waals surface area (Å²) in [4.78, 5) is 33.5. The van der Waals surface area contributed by atoms with Gasteiger partial charge in [-0.2, -0.15) is 0 Å². The highest BCUT2D eigenvalue weighted by atomic mass is 16.5. The number of amides is 1. The van der Waals surface area contributed by atoms with Gasteiger partial charge in [-0.15, -0.1) is 0 Å². The van der Waals surface area contributed by atoms with Gasteiger partial charge in [-0.25, -0.2) is 4.98 Å². The molecule has 3 N–H and O–H groups in total. The Labute approximate surface area is 158 Å². The maximum Gasteiger partial charge on any atom is 0.302 e. The first-order chi connectivity index (χ1) is 12.9. The van der Waals surface area contributed by atoms with Crippen LogP contribution < -0.4 is 5.73 Å². The monoisotopic (exact) mass is 374 g/mol. The minimum absolute atomic E-state index is 0.115. The molecule has 3 heterocycles. The quantitative estimate of drug-likeness (QED) is 0.730. The van der Waals surface area contributed by atoms with Gasteiger partial charge in [-0.05, 0) is 31.0 Å². The van der Waals surface area contributed by atoms with Crippen LogP contribution in [-0.4, -0.2) is 64.7 Å². The molecule has 1 saturated heterocycles. The van der Waals surface area contributed by atoms with Crippen LogP contribution in [0.5, 0.6) is 0 Å². The maximum absolute atomic E-state index is 12.9. The number of nitrogens with one attached hydrogen (secondary N) is 1. The highest BCUT2D eigenvalue weighted by Gasteiger charge is 2.40. The molecule has 8 heteroatoms. The highest BCUT2D eigenvalue weighted by Crippen LogP contribution is 2.27. The van der Waals surface area contributed by atoms with Crippen molar-refractivity contribution in [1.29, 1.82) is 0 Å². The van der Waals surface area contributed by atoms with Crippen molar-refractivity contribution in [3.8, 4) is 0 Å². The maximum atomic E-state index is 12.9. The van der Waals surface area contributed by atoms with Crippen LogP contribution in [0.3, 0.4) is 0 Å². The first-order valence-corrected chi connectivity index (χ1v) is 9.07. The third-order valence-corrected chi connectivity index (χ3v) is 5.15. The lowest BCUT2D eigenvalue weighted by Gasteiger charge is -2.29. The first kappa shape index (κ1) is 19.3. The summed E-state index contributed by atoms with van der Waals surface area (Å²) in [5.74, 6) is -0.541. The van der Waals surface area contributed by atoms with Crippen molar-refractivity contribution in [2.75, 3.05) is 13.7 Å². The number of nitrogens with zero attached hydrogens (tertiary/aromatic N) is 2. The Morgan fingerprint density at radius 3 is 2.96 bits per heavy atom. The molecule has 0 saturated carbocycles. The fraction of sp³-hybridized carbons (Fsp3) is 0.526. The lowest BCUT2D eigenvalue weighted by atomic mass is 10.0. The standard InChI is InChI=1S/C19H26N4O4/c1-11(26-3)17(20)19(25)23-10-15(27-12(2)24)8-14(23)7-13-9-22-18-16(13)5-4-6-21-18/h4-6,9,11,14-15,17H,7-8,10,20H2,1-3H3,(H,21,22). The number of esters is 1. The SMILES string of the molecule is COC(C)C(N)C(=O)N1CC(OC(C)=O)CC1Cc1c[nH]c2ncccc12. The van der Waals surface area contributed by atoms with Gasteiger partial charge in [0.15, 0.2) is 0 Å². The molecule has 0 aromatic carbocycles. The Bertz CT molecular complexity index is 821. The molecule has 146 valence electrons. The second-order valence-corrected chi connectivity index (χ2v) is 7.00. The van der Waals surface area contributed by atoms with Crippen molar-refractivity contribution in [3.05, 3.63) is 30.1 Å². The number of hydrogen-bond donors (Lipinski definition) is 2. The summed E-state index contributed by atoms with van der Waals surface area (Å²) >= 11 is 0. The summed E-state index contributed by atoms with van der Waals surface area (Å²) in [5, 5.41) is 1.02. The molecule has 1 aliphatic heterocycles. The van der Waals surface area contributed by atoms with Crippen LogP contribution >= 0.6 is 0 Å². The second kappa shape index (κ2) is 8.06. The number of fused-ring (bicyclic) bond motifs is 1. The van der Waals surface area contributed by atoms with Gasteiger partial charge in [0.25, 0.3) is 0 Å². The predicted molar refractivity (Wildman–Crippen MR) is 99.9 cm³/mol. The fourth-order valence-electron chi connectivity index (χ4n) is 3.63. The van der Waals surface area contributed by atoms with Gasteiger partial charge in [0.1, 0.15) is 17.8 Å². The Morgan fingerprint density at radius 1 is 1.48 bits per heavy atom. The average Bonchev–Trinajstić information content (AvgIpc) is 3.24. The largest absolute Gasteiger partial charge is 0.461 e. The van der Waals surface area contributed by atoms with Gasteiger partial charge < -0.3 is 25.1 Å². The molecule has 8 nitrogen and oxygen atoms in total. The van der Waals surface area contributed by atoms with E-state index in [0.717, 1.165) is 16.6 Å². The van der Waals surface area contributed by atoms with Crippen molar-refractivity contribution in [2.45, 2.75) is 51.0 Å². The average molecular weight is 374 g/mol. The summed E-state index contributed by atoms with van der Waals surface area (Å²) in [6.07, 6.45) is 4.12. The number of ether oxygens (including phenoxy) is 2. The molecular formula is C19H26N4O4. The molecule has 1 aliphatic rings. The van der Waals surface area contributed by atoms with Crippen molar-refractivity contribution in [2.24, 2.45) is 5.73 Å². The van der Waals surface area contributed by atoms with Gasteiger partial charge in [0.05, 0.1) is 12.6 Å². The van der Waals surface area contributed by atoms with Crippen LogP contribution in [0.25, 0.3) is 11.0 Å². The molecule has 3 rings (SSSR count). The third kappa shape index (κ3) is 4.12. The molecule has 2 aromatic heterocycles. The van der Waals surface area contributed by atoms with Crippen LogP contribution in [0.1, 0.15) is 25.8 Å². The normalized spacial score (nSPS) is 22.0. The molecule has 4 atom stereocenters. The number of carbonyl (C=O) groups excluding carboxylic acids is 2. The topological polar surface area (TPSA) is 111 Å². The third-order valence-electron chi connectivity index (χ3n) is 5.15. The van der Waals surface area contributed by atoms with Crippen molar-refractivity contribution < 1.29 is 19.1 Å². The van der Waals surface area contributed by atoms with Crippen molar-refractivity contribution in [1.82, 2.24) is 14.9 Å². The molecule has 4 unspecified atom stereocenters.